The summed E-state index contributed by atoms with van der Waals surface area (Å²) >= 11 is 0. The van der Waals surface area contributed by atoms with Crippen molar-refractivity contribution in [2.24, 2.45) is 0 Å². The lowest BCUT2D eigenvalue weighted by Gasteiger charge is -2.24. The second-order valence-corrected chi connectivity index (χ2v) is 4.74. The molecule has 118 valence electrons. The van der Waals surface area contributed by atoms with E-state index in [1.807, 2.05) is 19.1 Å². The van der Waals surface area contributed by atoms with Gasteiger partial charge in [0.1, 0.15) is 6.42 Å². The highest BCUT2D eigenvalue weighted by Crippen LogP contribution is 2.28. The number of methoxy groups -OCH3 is 1. The van der Waals surface area contributed by atoms with Gasteiger partial charge in [0.15, 0.2) is 11.5 Å². The lowest BCUT2D eigenvalue weighted by atomic mass is 10.1. The van der Waals surface area contributed by atoms with Crippen LogP contribution >= 0.6 is 0 Å². The van der Waals surface area contributed by atoms with Crippen molar-refractivity contribution in [3.8, 4) is 11.5 Å². The van der Waals surface area contributed by atoms with E-state index in [1.54, 1.807) is 13.2 Å². The first-order valence-corrected chi connectivity index (χ1v) is 6.99. The van der Waals surface area contributed by atoms with E-state index in [2.05, 4.69) is 5.32 Å². The smallest absolute Gasteiger partial charge is 0.330 e. The number of ether oxygens (including phenoxy) is 2. The van der Waals surface area contributed by atoms with Gasteiger partial charge in [-0.05, 0) is 31.0 Å². The predicted molar refractivity (Wildman–Crippen MR) is 77.7 cm³/mol. The molecule has 22 heavy (non-hydrogen) atoms. The number of barbiturate groups is 1. The van der Waals surface area contributed by atoms with Crippen molar-refractivity contribution in [3.63, 3.8) is 0 Å². The summed E-state index contributed by atoms with van der Waals surface area (Å²) in [7, 11) is 1.56. The number of rotatable bonds is 6. The summed E-state index contributed by atoms with van der Waals surface area (Å²) in [5.41, 5.74) is 0.904. The maximum Gasteiger partial charge on any atom is 0.330 e. The topological polar surface area (TPSA) is 84.9 Å². The largest absolute Gasteiger partial charge is 0.493 e. The number of urea groups is 1. The Hall–Kier alpha value is -2.57. The standard InChI is InChI=1S/C15H18N2O5/c1-3-22-12-8-10(4-5-11(12)21-2)6-7-17-14(19)9-13(18)16-15(17)20/h4-5,8H,3,6-7,9H2,1-2H3,(H,16,18,20). The molecule has 1 fully saturated rings. The number of carbonyl (C=O) groups excluding carboxylic acids is 3. The molecular formula is C15H18N2O5. The van der Waals surface area contributed by atoms with E-state index < -0.39 is 17.8 Å². The molecule has 1 heterocycles. The highest BCUT2D eigenvalue weighted by atomic mass is 16.5. The third-order valence-electron chi connectivity index (χ3n) is 3.26. The van der Waals surface area contributed by atoms with Gasteiger partial charge < -0.3 is 9.47 Å². The molecule has 0 saturated carbocycles. The third-order valence-corrected chi connectivity index (χ3v) is 3.26. The first-order valence-electron chi connectivity index (χ1n) is 6.99. The number of benzene rings is 1. The van der Waals surface area contributed by atoms with Gasteiger partial charge in [-0.1, -0.05) is 6.07 Å². The van der Waals surface area contributed by atoms with Crippen LogP contribution in [0.3, 0.4) is 0 Å². The van der Waals surface area contributed by atoms with Crippen molar-refractivity contribution in [1.82, 2.24) is 10.2 Å². The fourth-order valence-corrected chi connectivity index (χ4v) is 2.19. The number of hydrogen-bond donors (Lipinski definition) is 1. The zero-order chi connectivity index (χ0) is 16.1. The molecule has 4 amide bonds. The highest BCUT2D eigenvalue weighted by Gasteiger charge is 2.30. The number of imide groups is 2. The fourth-order valence-electron chi connectivity index (χ4n) is 2.19. The Labute approximate surface area is 128 Å². The quantitative estimate of drug-likeness (QED) is 0.796. The minimum Gasteiger partial charge on any atom is -0.493 e. The molecule has 0 aliphatic carbocycles. The molecule has 1 aromatic rings. The van der Waals surface area contributed by atoms with E-state index in [9.17, 15) is 14.4 Å². The van der Waals surface area contributed by atoms with Crippen LogP contribution in [0.15, 0.2) is 18.2 Å². The summed E-state index contributed by atoms with van der Waals surface area (Å²) in [5, 5.41) is 2.13. The molecule has 7 nitrogen and oxygen atoms in total. The van der Waals surface area contributed by atoms with E-state index in [-0.39, 0.29) is 13.0 Å². The molecule has 0 unspecified atom stereocenters. The summed E-state index contributed by atoms with van der Waals surface area (Å²) in [6, 6.07) is 4.78. The predicted octanol–water partition coefficient (Wildman–Crippen LogP) is 1.10. The van der Waals surface area contributed by atoms with Crippen LogP contribution in [0.1, 0.15) is 18.9 Å². The van der Waals surface area contributed by atoms with Crippen molar-refractivity contribution in [3.05, 3.63) is 23.8 Å². The number of amides is 4. The number of nitrogens with zero attached hydrogens (tertiary/aromatic N) is 1. The Balaban J connectivity index is 2.05. The normalized spacial score (nSPS) is 14.8. The van der Waals surface area contributed by atoms with E-state index in [1.165, 1.54) is 0 Å². The highest BCUT2D eigenvalue weighted by molar-refractivity contribution is 6.14. The lowest BCUT2D eigenvalue weighted by Crippen LogP contribution is -2.53. The van der Waals surface area contributed by atoms with Crippen LogP contribution in [-0.4, -0.2) is 43.0 Å². The van der Waals surface area contributed by atoms with Crippen LogP contribution in [0.4, 0.5) is 4.79 Å². The van der Waals surface area contributed by atoms with Gasteiger partial charge in [-0.25, -0.2) is 4.79 Å². The molecule has 1 saturated heterocycles. The van der Waals surface area contributed by atoms with Crippen LogP contribution in [0, 0.1) is 0 Å². The van der Waals surface area contributed by atoms with E-state index in [0.29, 0.717) is 24.5 Å². The first-order chi connectivity index (χ1) is 10.5. The van der Waals surface area contributed by atoms with Gasteiger partial charge in [0.05, 0.1) is 13.7 Å². The monoisotopic (exact) mass is 306 g/mol. The van der Waals surface area contributed by atoms with Gasteiger partial charge in [-0.2, -0.15) is 0 Å². The average molecular weight is 306 g/mol. The molecule has 1 aliphatic rings. The van der Waals surface area contributed by atoms with Gasteiger partial charge in [-0.3, -0.25) is 19.8 Å². The van der Waals surface area contributed by atoms with Crippen LogP contribution in [0.2, 0.25) is 0 Å². The van der Waals surface area contributed by atoms with Gasteiger partial charge in [-0.15, -0.1) is 0 Å². The van der Waals surface area contributed by atoms with Crippen molar-refractivity contribution in [2.75, 3.05) is 20.3 Å². The van der Waals surface area contributed by atoms with Crippen LogP contribution < -0.4 is 14.8 Å². The summed E-state index contributed by atoms with van der Waals surface area (Å²) in [6.45, 7) is 2.59. The Morgan fingerprint density at radius 2 is 2.00 bits per heavy atom. The number of carbonyl (C=O) groups is 3. The molecule has 0 spiro atoms. The summed E-state index contributed by atoms with van der Waals surface area (Å²) in [6.07, 6.45) is 0.177. The third kappa shape index (κ3) is 3.55. The second-order valence-electron chi connectivity index (χ2n) is 4.74. The summed E-state index contributed by atoms with van der Waals surface area (Å²) < 4.78 is 10.7. The summed E-state index contributed by atoms with van der Waals surface area (Å²) in [4.78, 5) is 35.5. The lowest BCUT2D eigenvalue weighted by molar-refractivity contribution is -0.136. The van der Waals surface area contributed by atoms with Gasteiger partial charge in [0.25, 0.3) is 0 Å². The van der Waals surface area contributed by atoms with E-state index >= 15 is 0 Å². The van der Waals surface area contributed by atoms with Crippen LogP contribution in [-0.2, 0) is 16.0 Å². The molecule has 1 N–H and O–H groups in total. The van der Waals surface area contributed by atoms with Crippen molar-refractivity contribution in [1.29, 1.82) is 0 Å². The minimum absolute atomic E-state index is 0.204. The molecule has 0 atom stereocenters. The van der Waals surface area contributed by atoms with E-state index in [0.717, 1.165) is 10.5 Å². The minimum atomic E-state index is -0.667. The molecule has 0 bridgehead atoms. The molecule has 7 heteroatoms. The van der Waals surface area contributed by atoms with Crippen molar-refractivity contribution in [2.45, 2.75) is 19.8 Å². The Kier molecular flexibility index (Phi) is 4.98. The maximum atomic E-state index is 11.7. The van der Waals surface area contributed by atoms with Crippen LogP contribution in [0.5, 0.6) is 11.5 Å². The van der Waals surface area contributed by atoms with Crippen molar-refractivity contribution >= 4 is 17.8 Å². The maximum absolute atomic E-state index is 11.7. The van der Waals surface area contributed by atoms with Crippen molar-refractivity contribution < 1.29 is 23.9 Å². The molecule has 0 radical (unpaired) electrons. The van der Waals surface area contributed by atoms with Gasteiger partial charge in [0.2, 0.25) is 11.8 Å². The molecule has 0 aromatic heterocycles. The van der Waals surface area contributed by atoms with E-state index in [4.69, 9.17) is 9.47 Å². The zero-order valence-corrected chi connectivity index (χ0v) is 12.5. The Bertz CT molecular complexity index is 580. The Morgan fingerprint density at radius 3 is 2.64 bits per heavy atom. The van der Waals surface area contributed by atoms with Gasteiger partial charge in [0, 0.05) is 6.54 Å². The average Bonchev–Trinajstić information content (AvgIpc) is 2.46. The molecule has 2 rings (SSSR count). The van der Waals surface area contributed by atoms with Gasteiger partial charge >= 0.3 is 6.03 Å². The summed E-state index contributed by atoms with van der Waals surface area (Å²) in [5.74, 6) is 0.205. The molecule has 1 aliphatic heterocycles. The first kappa shape index (κ1) is 15.8. The molecule has 1 aromatic carbocycles. The van der Waals surface area contributed by atoms with Crippen LogP contribution in [0.25, 0.3) is 0 Å². The Morgan fingerprint density at radius 1 is 1.23 bits per heavy atom. The second kappa shape index (κ2) is 6.93. The zero-order valence-electron chi connectivity index (χ0n) is 12.5. The number of nitrogens with one attached hydrogen (secondary N) is 1. The SMILES string of the molecule is CCOc1cc(CCN2C(=O)CC(=O)NC2=O)ccc1OC. The molecular weight excluding hydrogens is 288 g/mol. The fraction of sp³-hybridized carbons (Fsp3) is 0.400. The number of hydrogen-bond acceptors (Lipinski definition) is 5.